The fraction of sp³-hybridized carbons (Fsp3) is 0.263. The molecule has 3 rings (SSSR count). The summed E-state index contributed by atoms with van der Waals surface area (Å²) < 4.78 is 5.19. The van der Waals surface area contributed by atoms with Crippen molar-refractivity contribution in [1.82, 2.24) is 0 Å². The maximum atomic E-state index is 9.83. The zero-order valence-electron chi connectivity index (χ0n) is 13.7. The van der Waals surface area contributed by atoms with E-state index in [1.54, 1.807) is 19.2 Å². The standard InChI is InChI=1S/C19H19N3O2/c1-13-18(12-23)22(16-7-9-17(24-2)10-8-16)21-19(13)15-5-3-14(11-20)4-6-15/h3-10,13,18,23H,12H2,1-2H3/t13-,18-/m0/s1. The maximum Gasteiger partial charge on any atom is 0.119 e. The molecule has 2 aromatic rings. The Morgan fingerprint density at radius 3 is 2.38 bits per heavy atom. The third kappa shape index (κ3) is 2.84. The van der Waals surface area contributed by atoms with Gasteiger partial charge in [-0.15, -0.1) is 0 Å². The van der Waals surface area contributed by atoms with E-state index in [1.165, 1.54) is 0 Å². The summed E-state index contributed by atoms with van der Waals surface area (Å²) >= 11 is 0. The van der Waals surface area contributed by atoms with Crippen molar-refractivity contribution in [2.45, 2.75) is 13.0 Å². The number of anilines is 1. The van der Waals surface area contributed by atoms with Crippen molar-refractivity contribution < 1.29 is 9.84 Å². The molecule has 0 amide bonds. The first-order valence-electron chi connectivity index (χ1n) is 7.81. The van der Waals surface area contributed by atoms with Gasteiger partial charge in [0.05, 0.1) is 42.8 Å². The molecule has 5 heteroatoms. The number of aliphatic hydroxyl groups excluding tert-OH is 1. The highest BCUT2D eigenvalue weighted by Crippen LogP contribution is 2.31. The monoisotopic (exact) mass is 321 g/mol. The Morgan fingerprint density at radius 1 is 1.17 bits per heavy atom. The topological polar surface area (TPSA) is 68.8 Å². The molecule has 0 bridgehead atoms. The number of hydrogen-bond donors (Lipinski definition) is 1. The van der Waals surface area contributed by atoms with Gasteiger partial charge in [0.15, 0.2) is 0 Å². The predicted octanol–water partition coefficient (Wildman–Crippen LogP) is 2.79. The minimum atomic E-state index is -0.121. The molecule has 0 saturated carbocycles. The highest BCUT2D eigenvalue weighted by molar-refractivity contribution is 6.04. The van der Waals surface area contributed by atoms with Gasteiger partial charge in [0.2, 0.25) is 0 Å². The molecule has 0 spiro atoms. The lowest BCUT2D eigenvalue weighted by molar-refractivity contribution is 0.250. The Hall–Kier alpha value is -2.84. The van der Waals surface area contributed by atoms with Gasteiger partial charge in [-0.3, -0.25) is 5.01 Å². The van der Waals surface area contributed by atoms with Gasteiger partial charge in [-0.2, -0.15) is 10.4 Å². The van der Waals surface area contributed by atoms with Crippen LogP contribution in [0.4, 0.5) is 5.69 Å². The molecule has 0 aromatic heterocycles. The Morgan fingerprint density at radius 2 is 1.83 bits per heavy atom. The number of ether oxygens (including phenoxy) is 1. The number of hydrogen-bond acceptors (Lipinski definition) is 5. The molecule has 0 fully saturated rings. The molecule has 2 aromatic carbocycles. The molecule has 1 aliphatic rings. The Kier molecular flexibility index (Phi) is 4.50. The average Bonchev–Trinajstić information content (AvgIpc) is 2.98. The summed E-state index contributed by atoms with van der Waals surface area (Å²) in [5, 5.41) is 25.4. The number of rotatable bonds is 4. The summed E-state index contributed by atoms with van der Waals surface area (Å²) in [7, 11) is 1.63. The number of aliphatic hydroxyl groups is 1. The van der Waals surface area contributed by atoms with Crippen LogP contribution >= 0.6 is 0 Å². The van der Waals surface area contributed by atoms with E-state index in [0.717, 1.165) is 22.7 Å². The van der Waals surface area contributed by atoms with E-state index in [2.05, 4.69) is 13.0 Å². The molecule has 0 aliphatic carbocycles. The van der Waals surface area contributed by atoms with E-state index in [9.17, 15) is 5.11 Å². The van der Waals surface area contributed by atoms with Crippen molar-refractivity contribution >= 4 is 11.4 Å². The third-order valence-electron chi connectivity index (χ3n) is 4.37. The SMILES string of the molecule is COc1ccc(N2N=C(c3ccc(C#N)cc3)[C@@H](C)[C@@H]2CO)cc1. The van der Waals surface area contributed by atoms with Gasteiger partial charge >= 0.3 is 0 Å². The van der Waals surface area contributed by atoms with Crippen molar-refractivity contribution in [1.29, 1.82) is 5.26 Å². The fourth-order valence-electron chi connectivity index (χ4n) is 2.93. The second-order valence-corrected chi connectivity index (χ2v) is 5.76. The smallest absolute Gasteiger partial charge is 0.119 e. The maximum absolute atomic E-state index is 9.83. The van der Waals surface area contributed by atoms with Crippen LogP contribution in [0, 0.1) is 17.2 Å². The van der Waals surface area contributed by atoms with Crippen LogP contribution < -0.4 is 9.75 Å². The van der Waals surface area contributed by atoms with Gasteiger partial charge in [-0.05, 0) is 42.0 Å². The van der Waals surface area contributed by atoms with E-state index < -0.39 is 0 Å². The summed E-state index contributed by atoms with van der Waals surface area (Å²) in [6.45, 7) is 2.07. The summed E-state index contributed by atoms with van der Waals surface area (Å²) in [6, 6.07) is 17.0. The zero-order valence-corrected chi connectivity index (χ0v) is 13.7. The van der Waals surface area contributed by atoms with Crippen LogP contribution in [0.1, 0.15) is 18.1 Å². The highest BCUT2D eigenvalue weighted by atomic mass is 16.5. The van der Waals surface area contributed by atoms with Crippen LogP contribution in [0.3, 0.4) is 0 Å². The van der Waals surface area contributed by atoms with Crippen molar-refractivity contribution in [3.63, 3.8) is 0 Å². The molecule has 0 unspecified atom stereocenters. The average molecular weight is 321 g/mol. The van der Waals surface area contributed by atoms with E-state index >= 15 is 0 Å². The molecule has 1 aliphatic heterocycles. The van der Waals surface area contributed by atoms with E-state index in [0.29, 0.717) is 5.56 Å². The Labute approximate surface area is 141 Å². The molecule has 0 saturated heterocycles. The predicted molar refractivity (Wildman–Crippen MR) is 93.2 cm³/mol. The molecule has 5 nitrogen and oxygen atoms in total. The van der Waals surface area contributed by atoms with Crippen LogP contribution in [0.5, 0.6) is 5.75 Å². The number of nitriles is 1. The fourth-order valence-corrected chi connectivity index (χ4v) is 2.93. The number of hydrazone groups is 1. The van der Waals surface area contributed by atoms with Crippen molar-refractivity contribution in [2.75, 3.05) is 18.7 Å². The highest BCUT2D eigenvalue weighted by Gasteiger charge is 2.35. The van der Waals surface area contributed by atoms with E-state index in [1.807, 2.05) is 41.4 Å². The first kappa shape index (κ1) is 16.0. The lowest BCUT2D eigenvalue weighted by Gasteiger charge is -2.24. The van der Waals surface area contributed by atoms with Gasteiger partial charge in [0, 0.05) is 5.92 Å². The molecule has 1 N–H and O–H groups in total. The van der Waals surface area contributed by atoms with Crippen LogP contribution in [-0.4, -0.2) is 30.6 Å². The lowest BCUT2D eigenvalue weighted by atomic mass is 9.93. The third-order valence-corrected chi connectivity index (χ3v) is 4.37. The first-order chi connectivity index (χ1) is 11.7. The first-order valence-corrected chi connectivity index (χ1v) is 7.81. The van der Waals surface area contributed by atoms with Gasteiger partial charge in [0.25, 0.3) is 0 Å². The van der Waals surface area contributed by atoms with Gasteiger partial charge < -0.3 is 9.84 Å². The van der Waals surface area contributed by atoms with Crippen LogP contribution in [0.15, 0.2) is 53.6 Å². The van der Waals surface area contributed by atoms with E-state index in [4.69, 9.17) is 15.1 Å². The van der Waals surface area contributed by atoms with Crippen molar-refractivity contribution in [3.8, 4) is 11.8 Å². The number of benzene rings is 2. The summed E-state index contributed by atoms with van der Waals surface area (Å²) in [6.07, 6.45) is 0. The van der Waals surface area contributed by atoms with Crippen molar-refractivity contribution in [3.05, 3.63) is 59.7 Å². The summed E-state index contributed by atoms with van der Waals surface area (Å²) in [5.41, 5.74) is 3.41. The Balaban J connectivity index is 1.95. The summed E-state index contributed by atoms with van der Waals surface area (Å²) in [5.74, 6) is 0.855. The quantitative estimate of drug-likeness (QED) is 0.940. The second kappa shape index (κ2) is 6.73. The van der Waals surface area contributed by atoms with Crippen LogP contribution in [0.2, 0.25) is 0 Å². The largest absolute Gasteiger partial charge is 0.497 e. The van der Waals surface area contributed by atoms with Crippen molar-refractivity contribution in [2.24, 2.45) is 11.0 Å². The Bertz CT molecular complexity index is 776. The normalized spacial score (nSPS) is 19.8. The van der Waals surface area contributed by atoms with Crippen LogP contribution in [0.25, 0.3) is 0 Å². The van der Waals surface area contributed by atoms with Gasteiger partial charge in [-0.1, -0.05) is 19.1 Å². The number of nitrogens with zero attached hydrogens (tertiary/aromatic N) is 3. The lowest BCUT2D eigenvalue weighted by Crippen LogP contribution is -2.35. The van der Waals surface area contributed by atoms with E-state index in [-0.39, 0.29) is 18.6 Å². The minimum absolute atomic E-state index is 0.0104. The number of methoxy groups -OCH3 is 1. The summed E-state index contributed by atoms with van der Waals surface area (Å²) in [4.78, 5) is 0. The zero-order chi connectivity index (χ0) is 17.1. The molecule has 0 radical (unpaired) electrons. The molecule has 24 heavy (non-hydrogen) atoms. The van der Waals surface area contributed by atoms with Gasteiger partial charge in [-0.25, -0.2) is 0 Å². The molecule has 122 valence electrons. The molecule has 1 heterocycles. The molecule has 2 atom stereocenters. The molecular formula is C19H19N3O2. The van der Waals surface area contributed by atoms with Gasteiger partial charge in [0.1, 0.15) is 5.75 Å². The second-order valence-electron chi connectivity index (χ2n) is 5.76. The molecular weight excluding hydrogens is 302 g/mol. The van der Waals surface area contributed by atoms with Crippen LogP contribution in [-0.2, 0) is 0 Å². The minimum Gasteiger partial charge on any atom is -0.497 e.